The summed E-state index contributed by atoms with van der Waals surface area (Å²) < 4.78 is 11.8. The molecule has 150 valence electrons. The van der Waals surface area contributed by atoms with Gasteiger partial charge in [-0.05, 0) is 73.4 Å². The van der Waals surface area contributed by atoms with Gasteiger partial charge in [-0.2, -0.15) is 0 Å². The Hall–Kier alpha value is -3.27. The van der Waals surface area contributed by atoms with E-state index >= 15 is 0 Å². The Morgan fingerprint density at radius 3 is 2.17 bits per heavy atom. The predicted molar refractivity (Wildman–Crippen MR) is 117 cm³/mol. The molecule has 3 aromatic carbocycles. The number of hydrogen-bond donors (Lipinski definition) is 1. The van der Waals surface area contributed by atoms with E-state index in [2.05, 4.69) is 31.3 Å². The Kier molecular flexibility index (Phi) is 6.55. The standard InChI is InChI=1S/C25H27NO3/c1-17(2)23-15-10-18(3)16-24(23)28-19(4)25(27)26-20-11-13-22(14-12-20)29-21-8-6-5-7-9-21/h5-17,19H,1-4H3,(H,26,27). The van der Waals surface area contributed by atoms with Crippen molar-refractivity contribution in [2.45, 2.75) is 39.7 Å². The second kappa shape index (κ2) is 9.28. The van der Waals surface area contributed by atoms with Crippen molar-refractivity contribution in [1.82, 2.24) is 0 Å². The summed E-state index contributed by atoms with van der Waals surface area (Å²) in [7, 11) is 0. The first kappa shape index (κ1) is 20.5. The lowest BCUT2D eigenvalue weighted by molar-refractivity contribution is -0.122. The molecule has 29 heavy (non-hydrogen) atoms. The number of anilines is 1. The molecule has 0 fully saturated rings. The number of hydrogen-bond acceptors (Lipinski definition) is 3. The van der Waals surface area contributed by atoms with Gasteiger partial charge in [0.25, 0.3) is 5.91 Å². The fraction of sp³-hybridized carbons (Fsp3) is 0.240. The first-order valence-corrected chi connectivity index (χ1v) is 9.83. The minimum atomic E-state index is -0.616. The summed E-state index contributed by atoms with van der Waals surface area (Å²) in [6.45, 7) is 8.00. The van der Waals surface area contributed by atoms with E-state index in [1.807, 2.05) is 67.6 Å². The van der Waals surface area contributed by atoms with E-state index in [-0.39, 0.29) is 5.91 Å². The number of amides is 1. The van der Waals surface area contributed by atoms with E-state index in [0.29, 0.717) is 17.4 Å². The van der Waals surface area contributed by atoms with Crippen LogP contribution >= 0.6 is 0 Å². The van der Waals surface area contributed by atoms with Crippen molar-refractivity contribution < 1.29 is 14.3 Å². The molecular weight excluding hydrogens is 362 g/mol. The summed E-state index contributed by atoms with van der Waals surface area (Å²) in [5.74, 6) is 2.36. The van der Waals surface area contributed by atoms with Crippen molar-refractivity contribution in [1.29, 1.82) is 0 Å². The molecule has 1 atom stereocenters. The second-order valence-electron chi connectivity index (χ2n) is 7.38. The molecule has 4 nitrogen and oxygen atoms in total. The molecule has 0 aliphatic heterocycles. The van der Waals surface area contributed by atoms with Crippen molar-refractivity contribution >= 4 is 11.6 Å². The molecule has 0 saturated heterocycles. The quantitative estimate of drug-likeness (QED) is 0.514. The smallest absolute Gasteiger partial charge is 0.265 e. The number of rotatable bonds is 7. The van der Waals surface area contributed by atoms with Gasteiger partial charge in [-0.25, -0.2) is 0 Å². The molecule has 1 N–H and O–H groups in total. The van der Waals surface area contributed by atoms with Gasteiger partial charge in [-0.1, -0.05) is 44.2 Å². The maximum Gasteiger partial charge on any atom is 0.265 e. The molecule has 0 heterocycles. The molecule has 0 aliphatic rings. The summed E-state index contributed by atoms with van der Waals surface area (Å²) in [5.41, 5.74) is 2.89. The zero-order valence-corrected chi connectivity index (χ0v) is 17.3. The zero-order valence-electron chi connectivity index (χ0n) is 17.3. The van der Waals surface area contributed by atoms with E-state index in [4.69, 9.17) is 9.47 Å². The lowest BCUT2D eigenvalue weighted by Gasteiger charge is -2.19. The summed E-state index contributed by atoms with van der Waals surface area (Å²) in [5, 5.41) is 2.90. The molecule has 1 unspecified atom stereocenters. The number of benzene rings is 3. The van der Waals surface area contributed by atoms with Gasteiger partial charge in [0.1, 0.15) is 17.2 Å². The first-order chi connectivity index (χ1) is 13.9. The molecule has 0 aliphatic carbocycles. The monoisotopic (exact) mass is 389 g/mol. The topological polar surface area (TPSA) is 47.6 Å². The van der Waals surface area contributed by atoms with E-state index in [1.54, 1.807) is 6.92 Å². The minimum Gasteiger partial charge on any atom is -0.481 e. The predicted octanol–water partition coefficient (Wildman–Crippen LogP) is 6.32. The van der Waals surface area contributed by atoms with Crippen LogP contribution in [0.1, 0.15) is 37.8 Å². The van der Waals surface area contributed by atoms with Crippen LogP contribution in [0.15, 0.2) is 72.8 Å². The molecule has 0 saturated carbocycles. The van der Waals surface area contributed by atoms with Gasteiger partial charge in [0.2, 0.25) is 0 Å². The number of ether oxygens (including phenoxy) is 2. The highest BCUT2D eigenvalue weighted by atomic mass is 16.5. The Morgan fingerprint density at radius 1 is 0.862 bits per heavy atom. The summed E-state index contributed by atoms with van der Waals surface area (Å²) in [6, 6.07) is 23.0. The number of carbonyl (C=O) groups is 1. The normalized spacial score (nSPS) is 11.8. The maximum absolute atomic E-state index is 12.6. The van der Waals surface area contributed by atoms with Crippen molar-refractivity contribution in [2.75, 3.05) is 5.32 Å². The van der Waals surface area contributed by atoms with Gasteiger partial charge in [0.15, 0.2) is 6.10 Å². The third kappa shape index (κ3) is 5.61. The number of nitrogens with one attached hydrogen (secondary N) is 1. The fourth-order valence-corrected chi connectivity index (χ4v) is 2.94. The van der Waals surface area contributed by atoms with Crippen LogP contribution in [0.25, 0.3) is 0 Å². The van der Waals surface area contributed by atoms with Crippen LogP contribution < -0.4 is 14.8 Å². The average molecular weight is 389 g/mol. The SMILES string of the molecule is Cc1ccc(C(C)C)c(OC(C)C(=O)Nc2ccc(Oc3ccccc3)cc2)c1. The van der Waals surface area contributed by atoms with Gasteiger partial charge in [-0.15, -0.1) is 0 Å². The van der Waals surface area contributed by atoms with Gasteiger partial charge in [0, 0.05) is 5.69 Å². The molecule has 3 aromatic rings. The Morgan fingerprint density at radius 2 is 1.52 bits per heavy atom. The molecule has 3 rings (SSSR count). The molecular formula is C25H27NO3. The number of para-hydroxylation sites is 1. The Labute approximate surface area is 172 Å². The Balaban J connectivity index is 1.62. The highest BCUT2D eigenvalue weighted by Gasteiger charge is 2.18. The van der Waals surface area contributed by atoms with Crippen LogP contribution in [-0.4, -0.2) is 12.0 Å². The van der Waals surface area contributed by atoms with Crippen molar-refractivity contribution in [2.24, 2.45) is 0 Å². The van der Waals surface area contributed by atoms with Crippen LogP contribution in [0.4, 0.5) is 5.69 Å². The van der Waals surface area contributed by atoms with Gasteiger partial charge >= 0.3 is 0 Å². The lowest BCUT2D eigenvalue weighted by atomic mass is 10.0. The zero-order chi connectivity index (χ0) is 20.8. The number of carbonyl (C=O) groups excluding carboxylic acids is 1. The second-order valence-corrected chi connectivity index (χ2v) is 7.38. The van der Waals surface area contributed by atoms with Crippen LogP contribution in [0.2, 0.25) is 0 Å². The van der Waals surface area contributed by atoms with E-state index in [1.165, 1.54) is 0 Å². The lowest BCUT2D eigenvalue weighted by Crippen LogP contribution is -2.30. The largest absolute Gasteiger partial charge is 0.481 e. The summed E-state index contributed by atoms with van der Waals surface area (Å²) in [6.07, 6.45) is -0.616. The van der Waals surface area contributed by atoms with Crippen molar-refractivity contribution in [3.05, 3.63) is 83.9 Å². The summed E-state index contributed by atoms with van der Waals surface area (Å²) in [4.78, 5) is 12.6. The van der Waals surface area contributed by atoms with Gasteiger partial charge in [0.05, 0.1) is 0 Å². The van der Waals surface area contributed by atoms with Crippen LogP contribution in [0.5, 0.6) is 17.2 Å². The Bertz CT molecular complexity index is 950. The molecule has 0 bridgehead atoms. The first-order valence-electron chi connectivity index (χ1n) is 9.83. The van der Waals surface area contributed by atoms with E-state index < -0.39 is 6.10 Å². The third-order valence-electron chi connectivity index (χ3n) is 4.56. The molecule has 4 heteroatoms. The highest BCUT2D eigenvalue weighted by molar-refractivity contribution is 5.94. The average Bonchev–Trinajstić information content (AvgIpc) is 2.70. The molecule has 1 amide bonds. The van der Waals surface area contributed by atoms with Gasteiger partial charge < -0.3 is 14.8 Å². The molecule has 0 radical (unpaired) electrons. The van der Waals surface area contributed by atoms with E-state index in [0.717, 1.165) is 22.6 Å². The van der Waals surface area contributed by atoms with Crippen LogP contribution in [0.3, 0.4) is 0 Å². The van der Waals surface area contributed by atoms with Crippen LogP contribution in [-0.2, 0) is 4.79 Å². The molecule has 0 aromatic heterocycles. The van der Waals surface area contributed by atoms with E-state index in [9.17, 15) is 4.79 Å². The van der Waals surface area contributed by atoms with Crippen molar-refractivity contribution in [3.8, 4) is 17.2 Å². The highest BCUT2D eigenvalue weighted by Crippen LogP contribution is 2.28. The fourth-order valence-electron chi connectivity index (χ4n) is 2.94. The van der Waals surface area contributed by atoms with Crippen LogP contribution in [0, 0.1) is 6.92 Å². The molecule has 0 spiro atoms. The summed E-state index contributed by atoms with van der Waals surface area (Å²) >= 11 is 0. The third-order valence-corrected chi connectivity index (χ3v) is 4.56. The number of aryl methyl sites for hydroxylation is 1. The maximum atomic E-state index is 12.6. The van der Waals surface area contributed by atoms with Crippen molar-refractivity contribution in [3.63, 3.8) is 0 Å². The minimum absolute atomic E-state index is 0.196. The van der Waals surface area contributed by atoms with Gasteiger partial charge in [-0.3, -0.25) is 4.79 Å².